The standard InChI is InChI=1S/C20H23ClN6O/c1-3-26(4-2)8-9-28-14-18-11-19(24-17-7-5-6-16(21)10-17)27-20(25-18)15(12-22)13-23-27/h5-7,10-11,13,24H,3-4,8-9,14H2,1-2H3. The van der Waals surface area contributed by atoms with Crippen molar-refractivity contribution in [2.45, 2.75) is 20.5 Å². The molecule has 0 saturated heterocycles. The van der Waals surface area contributed by atoms with Gasteiger partial charge in [0.2, 0.25) is 0 Å². The van der Waals surface area contributed by atoms with Crippen LogP contribution in [0, 0.1) is 11.3 Å². The number of nitrogens with one attached hydrogen (secondary N) is 1. The van der Waals surface area contributed by atoms with Gasteiger partial charge in [0.15, 0.2) is 5.65 Å². The fourth-order valence-electron chi connectivity index (χ4n) is 2.88. The first-order valence-electron chi connectivity index (χ1n) is 9.25. The van der Waals surface area contributed by atoms with Crippen LogP contribution in [0.1, 0.15) is 25.1 Å². The molecule has 1 aromatic carbocycles. The Labute approximate surface area is 169 Å². The molecule has 0 fully saturated rings. The first kappa shape index (κ1) is 20.1. The monoisotopic (exact) mass is 398 g/mol. The van der Waals surface area contributed by atoms with Gasteiger partial charge in [-0.25, -0.2) is 4.98 Å². The summed E-state index contributed by atoms with van der Waals surface area (Å²) in [6.45, 7) is 8.12. The Morgan fingerprint density at radius 3 is 2.82 bits per heavy atom. The van der Waals surface area contributed by atoms with Crippen LogP contribution in [0.25, 0.3) is 5.65 Å². The summed E-state index contributed by atoms with van der Waals surface area (Å²) in [5.74, 6) is 0.691. The van der Waals surface area contributed by atoms with Crippen LogP contribution in [0.3, 0.4) is 0 Å². The summed E-state index contributed by atoms with van der Waals surface area (Å²) < 4.78 is 7.42. The molecule has 2 aromatic heterocycles. The number of hydrogen-bond donors (Lipinski definition) is 1. The number of nitriles is 1. The largest absolute Gasteiger partial charge is 0.374 e. The summed E-state index contributed by atoms with van der Waals surface area (Å²) in [7, 11) is 0. The van der Waals surface area contributed by atoms with Gasteiger partial charge in [-0.2, -0.15) is 14.9 Å². The minimum atomic E-state index is 0.359. The number of benzene rings is 1. The molecule has 8 heteroatoms. The third-order valence-corrected chi connectivity index (χ3v) is 4.67. The Balaban J connectivity index is 1.82. The van der Waals surface area contributed by atoms with Crippen molar-refractivity contribution in [2.75, 3.05) is 31.6 Å². The molecule has 0 spiro atoms. The van der Waals surface area contributed by atoms with Gasteiger partial charge >= 0.3 is 0 Å². The average molecular weight is 399 g/mol. The van der Waals surface area contributed by atoms with E-state index >= 15 is 0 Å². The highest BCUT2D eigenvalue weighted by atomic mass is 35.5. The number of ether oxygens (including phenoxy) is 1. The number of likely N-dealkylation sites (N-methyl/N-ethyl adjacent to an activating group) is 1. The second kappa shape index (κ2) is 9.51. The fourth-order valence-corrected chi connectivity index (χ4v) is 3.07. The highest BCUT2D eigenvalue weighted by Gasteiger charge is 2.12. The van der Waals surface area contributed by atoms with Gasteiger partial charge in [-0.05, 0) is 31.3 Å². The van der Waals surface area contributed by atoms with E-state index in [0.29, 0.717) is 35.3 Å². The molecule has 3 aromatic rings. The quantitative estimate of drug-likeness (QED) is 0.551. The number of nitrogens with zero attached hydrogens (tertiary/aromatic N) is 5. The Morgan fingerprint density at radius 1 is 1.29 bits per heavy atom. The molecule has 0 saturated carbocycles. The van der Waals surface area contributed by atoms with Crippen molar-refractivity contribution in [1.29, 1.82) is 5.26 Å². The van der Waals surface area contributed by atoms with E-state index in [-0.39, 0.29) is 0 Å². The van der Waals surface area contributed by atoms with E-state index < -0.39 is 0 Å². The number of hydrogen-bond acceptors (Lipinski definition) is 6. The highest BCUT2D eigenvalue weighted by molar-refractivity contribution is 6.30. The van der Waals surface area contributed by atoms with Gasteiger partial charge < -0.3 is 15.0 Å². The number of anilines is 2. The van der Waals surface area contributed by atoms with Crippen molar-refractivity contribution in [3.63, 3.8) is 0 Å². The molecule has 0 amide bonds. The SMILES string of the molecule is CCN(CC)CCOCc1cc(Nc2cccc(Cl)c2)n2ncc(C#N)c2n1. The molecule has 0 aliphatic rings. The van der Waals surface area contributed by atoms with E-state index in [1.807, 2.05) is 30.3 Å². The van der Waals surface area contributed by atoms with E-state index in [1.165, 1.54) is 6.20 Å². The lowest BCUT2D eigenvalue weighted by Crippen LogP contribution is -2.27. The maximum absolute atomic E-state index is 9.34. The molecule has 0 bridgehead atoms. The number of aromatic nitrogens is 3. The van der Waals surface area contributed by atoms with Crippen LogP contribution in [0.2, 0.25) is 5.02 Å². The van der Waals surface area contributed by atoms with Gasteiger partial charge in [0.25, 0.3) is 0 Å². The van der Waals surface area contributed by atoms with E-state index in [9.17, 15) is 5.26 Å². The molecule has 2 heterocycles. The van der Waals surface area contributed by atoms with Crippen molar-refractivity contribution >= 4 is 28.8 Å². The molecular weight excluding hydrogens is 376 g/mol. The maximum Gasteiger partial charge on any atom is 0.175 e. The number of fused-ring (bicyclic) bond motifs is 1. The molecule has 3 rings (SSSR count). The van der Waals surface area contributed by atoms with Crippen molar-refractivity contribution in [1.82, 2.24) is 19.5 Å². The zero-order valence-electron chi connectivity index (χ0n) is 16.0. The summed E-state index contributed by atoms with van der Waals surface area (Å²) in [5, 5.41) is 17.6. The van der Waals surface area contributed by atoms with Crippen LogP contribution in [0.15, 0.2) is 36.5 Å². The highest BCUT2D eigenvalue weighted by Crippen LogP contribution is 2.22. The molecule has 1 N–H and O–H groups in total. The van der Waals surface area contributed by atoms with Gasteiger partial charge in [-0.1, -0.05) is 31.5 Å². The molecule has 0 unspecified atom stereocenters. The van der Waals surface area contributed by atoms with E-state index in [1.54, 1.807) is 4.52 Å². The minimum Gasteiger partial charge on any atom is -0.374 e. The molecule has 0 aliphatic carbocycles. The van der Waals surface area contributed by atoms with E-state index in [0.717, 1.165) is 31.0 Å². The lowest BCUT2D eigenvalue weighted by molar-refractivity contribution is 0.0937. The summed E-state index contributed by atoms with van der Waals surface area (Å²) in [6.07, 6.45) is 1.51. The van der Waals surface area contributed by atoms with Gasteiger partial charge in [0.1, 0.15) is 17.5 Å². The van der Waals surface area contributed by atoms with Crippen LogP contribution < -0.4 is 5.32 Å². The van der Waals surface area contributed by atoms with Crippen LogP contribution >= 0.6 is 11.6 Å². The van der Waals surface area contributed by atoms with Gasteiger partial charge in [-0.3, -0.25) is 0 Å². The summed E-state index contributed by atoms with van der Waals surface area (Å²) >= 11 is 6.08. The number of halogens is 1. The third-order valence-electron chi connectivity index (χ3n) is 4.44. The summed E-state index contributed by atoms with van der Waals surface area (Å²) in [4.78, 5) is 6.86. The second-order valence-corrected chi connectivity index (χ2v) is 6.69. The van der Waals surface area contributed by atoms with Crippen molar-refractivity contribution < 1.29 is 4.74 Å². The van der Waals surface area contributed by atoms with Gasteiger partial charge in [-0.15, -0.1) is 0 Å². The fraction of sp³-hybridized carbons (Fsp3) is 0.350. The van der Waals surface area contributed by atoms with Crippen molar-refractivity contribution in [2.24, 2.45) is 0 Å². The van der Waals surface area contributed by atoms with Gasteiger partial charge in [0.05, 0.1) is 25.1 Å². The van der Waals surface area contributed by atoms with Crippen LogP contribution in [-0.2, 0) is 11.3 Å². The second-order valence-electron chi connectivity index (χ2n) is 6.25. The normalized spacial score (nSPS) is 11.1. The summed E-state index contributed by atoms with van der Waals surface area (Å²) in [6, 6.07) is 11.4. The molecule has 0 aliphatic heterocycles. The zero-order valence-corrected chi connectivity index (χ0v) is 16.8. The topological polar surface area (TPSA) is 78.5 Å². The van der Waals surface area contributed by atoms with E-state index in [2.05, 4.69) is 40.2 Å². The Hall–Kier alpha value is -2.66. The first-order valence-corrected chi connectivity index (χ1v) is 9.62. The molecule has 0 radical (unpaired) electrons. The first-order chi connectivity index (χ1) is 13.6. The molecular formula is C20H23ClN6O. The van der Waals surface area contributed by atoms with Gasteiger partial charge in [0, 0.05) is 23.3 Å². The molecule has 146 valence electrons. The third kappa shape index (κ3) is 4.78. The smallest absolute Gasteiger partial charge is 0.175 e. The average Bonchev–Trinajstić information content (AvgIpc) is 3.11. The molecule has 28 heavy (non-hydrogen) atoms. The van der Waals surface area contributed by atoms with Crippen LogP contribution in [0.4, 0.5) is 11.5 Å². The van der Waals surface area contributed by atoms with Crippen molar-refractivity contribution in [3.8, 4) is 6.07 Å². The lowest BCUT2D eigenvalue weighted by Gasteiger charge is -2.17. The summed E-state index contributed by atoms with van der Waals surface area (Å²) in [5.41, 5.74) is 2.46. The Kier molecular flexibility index (Phi) is 6.82. The molecule has 0 atom stereocenters. The predicted molar refractivity (Wildman–Crippen MR) is 110 cm³/mol. The molecule has 7 nitrogen and oxygen atoms in total. The Bertz CT molecular complexity index is 976. The number of rotatable bonds is 9. The van der Waals surface area contributed by atoms with Crippen molar-refractivity contribution in [3.05, 3.63) is 52.8 Å². The van der Waals surface area contributed by atoms with E-state index in [4.69, 9.17) is 16.3 Å². The maximum atomic E-state index is 9.34. The van der Waals surface area contributed by atoms with Crippen LogP contribution in [0.5, 0.6) is 0 Å². The van der Waals surface area contributed by atoms with Crippen LogP contribution in [-0.4, -0.2) is 45.7 Å². The zero-order chi connectivity index (χ0) is 19.9. The minimum absolute atomic E-state index is 0.359. The Morgan fingerprint density at radius 2 is 2.11 bits per heavy atom. The predicted octanol–water partition coefficient (Wildman–Crippen LogP) is 3.86. The lowest BCUT2D eigenvalue weighted by atomic mass is 10.3.